The second-order valence-corrected chi connectivity index (χ2v) is 3.68. The molecule has 0 aliphatic rings. The molecule has 15 heavy (non-hydrogen) atoms. The summed E-state index contributed by atoms with van der Waals surface area (Å²) in [5.41, 5.74) is 7.56. The SMILES string of the molecule is COCCC(C)Oc1cccc(N)c1C. The Morgan fingerprint density at radius 2 is 2.13 bits per heavy atom. The van der Waals surface area contributed by atoms with Crippen molar-refractivity contribution in [2.24, 2.45) is 0 Å². The Morgan fingerprint density at radius 3 is 2.80 bits per heavy atom. The summed E-state index contributed by atoms with van der Waals surface area (Å²) in [6, 6.07) is 5.72. The van der Waals surface area contributed by atoms with Crippen LogP contribution in [0.25, 0.3) is 0 Å². The first-order chi connectivity index (χ1) is 7.15. The molecule has 0 fully saturated rings. The van der Waals surface area contributed by atoms with Gasteiger partial charge >= 0.3 is 0 Å². The van der Waals surface area contributed by atoms with E-state index in [0.717, 1.165) is 23.4 Å². The fourth-order valence-corrected chi connectivity index (χ4v) is 1.32. The highest BCUT2D eigenvalue weighted by atomic mass is 16.5. The van der Waals surface area contributed by atoms with Crippen molar-refractivity contribution in [1.29, 1.82) is 0 Å². The van der Waals surface area contributed by atoms with Crippen molar-refractivity contribution in [2.75, 3.05) is 19.5 Å². The van der Waals surface area contributed by atoms with Gasteiger partial charge in [0.1, 0.15) is 5.75 Å². The quantitative estimate of drug-likeness (QED) is 0.757. The third-order valence-corrected chi connectivity index (χ3v) is 2.38. The lowest BCUT2D eigenvalue weighted by Crippen LogP contribution is -2.15. The number of hydrogen-bond acceptors (Lipinski definition) is 3. The summed E-state index contributed by atoms with van der Waals surface area (Å²) >= 11 is 0. The van der Waals surface area contributed by atoms with Crippen LogP contribution in [-0.2, 0) is 4.74 Å². The molecule has 84 valence electrons. The number of anilines is 1. The van der Waals surface area contributed by atoms with Crippen LogP contribution in [-0.4, -0.2) is 19.8 Å². The summed E-state index contributed by atoms with van der Waals surface area (Å²) in [4.78, 5) is 0. The Hall–Kier alpha value is -1.22. The molecule has 0 amide bonds. The van der Waals surface area contributed by atoms with Gasteiger partial charge in [0.05, 0.1) is 6.10 Å². The van der Waals surface area contributed by atoms with Crippen LogP contribution >= 0.6 is 0 Å². The van der Waals surface area contributed by atoms with Gasteiger partial charge in [-0.2, -0.15) is 0 Å². The van der Waals surface area contributed by atoms with E-state index in [1.807, 2.05) is 32.0 Å². The summed E-state index contributed by atoms with van der Waals surface area (Å²) in [7, 11) is 1.69. The molecule has 0 spiro atoms. The molecule has 1 atom stereocenters. The second-order valence-electron chi connectivity index (χ2n) is 3.68. The van der Waals surface area contributed by atoms with Gasteiger partial charge in [0.2, 0.25) is 0 Å². The Kier molecular flexibility index (Phi) is 4.43. The van der Waals surface area contributed by atoms with Crippen LogP contribution in [0.3, 0.4) is 0 Å². The molecule has 0 saturated heterocycles. The summed E-state index contributed by atoms with van der Waals surface area (Å²) in [5, 5.41) is 0. The third kappa shape index (κ3) is 3.44. The largest absolute Gasteiger partial charge is 0.490 e. The number of methoxy groups -OCH3 is 1. The fraction of sp³-hybridized carbons (Fsp3) is 0.500. The van der Waals surface area contributed by atoms with Gasteiger partial charge in [-0.3, -0.25) is 0 Å². The van der Waals surface area contributed by atoms with Crippen LogP contribution in [0.4, 0.5) is 5.69 Å². The van der Waals surface area contributed by atoms with Gasteiger partial charge in [0, 0.05) is 31.4 Å². The Bertz CT molecular complexity index is 312. The molecule has 0 aliphatic heterocycles. The van der Waals surface area contributed by atoms with Gasteiger partial charge in [-0.1, -0.05) is 6.07 Å². The van der Waals surface area contributed by atoms with E-state index < -0.39 is 0 Å². The molecule has 1 unspecified atom stereocenters. The van der Waals surface area contributed by atoms with Gasteiger partial charge in [0.15, 0.2) is 0 Å². The highest BCUT2D eigenvalue weighted by Crippen LogP contribution is 2.24. The number of nitrogen functional groups attached to an aromatic ring is 1. The zero-order valence-electron chi connectivity index (χ0n) is 9.62. The fourth-order valence-electron chi connectivity index (χ4n) is 1.32. The van der Waals surface area contributed by atoms with Crippen LogP contribution < -0.4 is 10.5 Å². The van der Waals surface area contributed by atoms with Crippen molar-refractivity contribution in [3.8, 4) is 5.75 Å². The Morgan fingerprint density at radius 1 is 1.40 bits per heavy atom. The molecule has 0 aromatic heterocycles. The van der Waals surface area contributed by atoms with E-state index in [2.05, 4.69) is 0 Å². The number of rotatable bonds is 5. The molecule has 2 N–H and O–H groups in total. The normalized spacial score (nSPS) is 12.5. The number of ether oxygens (including phenoxy) is 2. The van der Waals surface area contributed by atoms with Crippen molar-refractivity contribution in [2.45, 2.75) is 26.4 Å². The Labute approximate surface area is 91.2 Å². The monoisotopic (exact) mass is 209 g/mol. The predicted octanol–water partition coefficient (Wildman–Crippen LogP) is 2.38. The molecular weight excluding hydrogens is 190 g/mol. The van der Waals surface area contributed by atoms with Gasteiger partial charge in [0.25, 0.3) is 0 Å². The van der Waals surface area contributed by atoms with Crippen LogP contribution in [0.15, 0.2) is 18.2 Å². The van der Waals surface area contributed by atoms with Crippen molar-refractivity contribution in [3.63, 3.8) is 0 Å². The van der Waals surface area contributed by atoms with Crippen molar-refractivity contribution in [1.82, 2.24) is 0 Å². The lowest BCUT2D eigenvalue weighted by atomic mass is 10.2. The number of benzene rings is 1. The van der Waals surface area contributed by atoms with Crippen molar-refractivity contribution < 1.29 is 9.47 Å². The molecule has 0 saturated carbocycles. The third-order valence-electron chi connectivity index (χ3n) is 2.38. The smallest absolute Gasteiger partial charge is 0.124 e. The van der Waals surface area contributed by atoms with Crippen LogP contribution in [0.2, 0.25) is 0 Å². The van der Waals surface area contributed by atoms with Crippen LogP contribution in [0.5, 0.6) is 5.75 Å². The number of nitrogens with two attached hydrogens (primary N) is 1. The molecule has 1 aromatic rings. The molecule has 0 heterocycles. The van der Waals surface area contributed by atoms with E-state index in [9.17, 15) is 0 Å². The number of hydrogen-bond donors (Lipinski definition) is 1. The van der Waals surface area contributed by atoms with E-state index in [-0.39, 0.29) is 6.10 Å². The van der Waals surface area contributed by atoms with Crippen LogP contribution in [0.1, 0.15) is 18.9 Å². The predicted molar refractivity (Wildman–Crippen MR) is 62.2 cm³/mol. The van der Waals surface area contributed by atoms with E-state index >= 15 is 0 Å². The molecule has 0 bridgehead atoms. The minimum absolute atomic E-state index is 0.144. The minimum atomic E-state index is 0.144. The first kappa shape index (κ1) is 11.9. The average Bonchev–Trinajstić information content (AvgIpc) is 2.22. The summed E-state index contributed by atoms with van der Waals surface area (Å²) in [5.74, 6) is 0.860. The van der Waals surface area contributed by atoms with Crippen LogP contribution in [0, 0.1) is 6.92 Å². The van der Waals surface area contributed by atoms with E-state index in [4.69, 9.17) is 15.2 Å². The van der Waals surface area contributed by atoms with Gasteiger partial charge in [-0.05, 0) is 26.0 Å². The topological polar surface area (TPSA) is 44.5 Å². The lowest BCUT2D eigenvalue weighted by Gasteiger charge is -2.16. The van der Waals surface area contributed by atoms with Crippen molar-refractivity contribution in [3.05, 3.63) is 23.8 Å². The standard InChI is InChI=1S/C12H19NO2/c1-9(7-8-14-3)15-12-6-4-5-11(13)10(12)2/h4-6,9H,7-8,13H2,1-3H3. The molecule has 1 rings (SSSR count). The maximum absolute atomic E-state index is 5.79. The molecule has 3 heteroatoms. The van der Waals surface area contributed by atoms with E-state index in [0.29, 0.717) is 6.61 Å². The maximum atomic E-state index is 5.79. The summed E-state index contributed by atoms with van der Waals surface area (Å²) in [6.07, 6.45) is 1.02. The first-order valence-electron chi connectivity index (χ1n) is 5.16. The molecule has 0 aliphatic carbocycles. The zero-order chi connectivity index (χ0) is 11.3. The van der Waals surface area contributed by atoms with Crippen molar-refractivity contribution >= 4 is 5.69 Å². The van der Waals surface area contributed by atoms with Gasteiger partial charge < -0.3 is 15.2 Å². The minimum Gasteiger partial charge on any atom is -0.490 e. The molecule has 1 aromatic carbocycles. The average molecular weight is 209 g/mol. The first-order valence-corrected chi connectivity index (χ1v) is 5.16. The molecule has 0 radical (unpaired) electrons. The zero-order valence-corrected chi connectivity index (χ0v) is 9.62. The summed E-state index contributed by atoms with van der Waals surface area (Å²) in [6.45, 7) is 4.71. The molecular formula is C12H19NO2. The Balaban J connectivity index is 2.60. The van der Waals surface area contributed by atoms with Gasteiger partial charge in [-0.25, -0.2) is 0 Å². The van der Waals surface area contributed by atoms with Gasteiger partial charge in [-0.15, -0.1) is 0 Å². The second kappa shape index (κ2) is 5.61. The highest BCUT2D eigenvalue weighted by molar-refractivity contribution is 5.53. The molecule has 3 nitrogen and oxygen atoms in total. The van der Waals surface area contributed by atoms with E-state index in [1.54, 1.807) is 7.11 Å². The summed E-state index contributed by atoms with van der Waals surface area (Å²) < 4.78 is 10.8. The lowest BCUT2D eigenvalue weighted by molar-refractivity contribution is 0.135. The maximum Gasteiger partial charge on any atom is 0.124 e. The van der Waals surface area contributed by atoms with E-state index in [1.165, 1.54) is 0 Å². The highest BCUT2D eigenvalue weighted by Gasteiger charge is 2.07.